The van der Waals surface area contributed by atoms with Crippen molar-refractivity contribution in [2.45, 2.75) is 19.8 Å². The summed E-state index contributed by atoms with van der Waals surface area (Å²) in [6.07, 6.45) is 3.31. The number of rotatable bonds is 4. The van der Waals surface area contributed by atoms with E-state index in [1.807, 2.05) is 12.3 Å². The molecule has 1 aromatic carbocycles. The third-order valence-electron chi connectivity index (χ3n) is 4.85. The number of carbonyl (C=O) groups is 1. The fourth-order valence-corrected chi connectivity index (χ4v) is 4.47. The van der Waals surface area contributed by atoms with Crippen molar-refractivity contribution in [3.63, 3.8) is 0 Å². The van der Waals surface area contributed by atoms with Crippen molar-refractivity contribution in [2.75, 3.05) is 24.6 Å². The summed E-state index contributed by atoms with van der Waals surface area (Å²) in [7, 11) is 0. The average molecular weight is 385 g/mol. The molecular weight excluding hydrogens is 365 g/mol. The third kappa shape index (κ3) is 3.51. The van der Waals surface area contributed by atoms with Gasteiger partial charge in [0.15, 0.2) is 0 Å². The fourth-order valence-electron chi connectivity index (χ4n) is 3.56. The van der Waals surface area contributed by atoms with Crippen LogP contribution in [0.4, 0.5) is 10.2 Å². The molecule has 0 spiro atoms. The number of ether oxygens (including phenoxy) is 1. The highest BCUT2D eigenvalue weighted by atomic mass is 32.1. The van der Waals surface area contributed by atoms with E-state index in [2.05, 4.69) is 14.9 Å². The molecule has 1 atom stereocenters. The Bertz CT molecular complexity index is 958. The molecule has 0 bridgehead atoms. The maximum atomic E-state index is 13.3. The zero-order valence-corrected chi connectivity index (χ0v) is 15.8. The van der Waals surface area contributed by atoms with Crippen molar-refractivity contribution in [1.29, 1.82) is 0 Å². The Morgan fingerprint density at radius 2 is 2.15 bits per heavy atom. The Kier molecular flexibility index (Phi) is 5.03. The lowest BCUT2D eigenvalue weighted by atomic mass is 9.97. The Morgan fingerprint density at radius 3 is 2.93 bits per heavy atom. The first-order valence-corrected chi connectivity index (χ1v) is 9.95. The average Bonchev–Trinajstić information content (AvgIpc) is 3.13. The van der Waals surface area contributed by atoms with E-state index in [9.17, 15) is 9.18 Å². The number of benzene rings is 1. The number of halogens is 1. The van der Waals surface area contributed by atoms with Gasteiger partial charge in [0.2, 0.25) is 0 Å². The summed E-state index contributed by atoms with van der Waals surface area (Å²) in [5, 5.41) is 2.99. The van der Waals surface area contributed by atoms with Crippen molar-refractivity contribution < 1.29 is 13.9 Å². The van der Waals surface area contributed by atoms with Gasteiger partial charge in [-0.1, -0.05) is 12.1 Å². The Labute approximate surface area is 160 Å². The molecule has 2 aromatic heterocycles. The second-order valence-electron chi connectivity index (χ2n) is 6.57. The van der Waals surface area contributed by atoms with Gasteiger partial charge in [-0.25, -0.2) is 14.4 Å². The lowest BCUT2D eigenvalue weighted by Crippen LogP contribution is -2.40. The van der Waals surface area contributed by atoms with E-state index in [4.69, 9.17) is 4.74 Å². The van der Waals surface area contributed by atoms with Crippen LogP contribution in [-0.4, -0.2) is 35.6 Å². The number of carbonyl (C=O) groups excluding carboxylic acids is 1. The van der Waals surface area contributed by atoms with Gasteiger partial charge < -0.3 is 9.64 Å². The van der Waals surface area contributed by atoms with Gasteiger partial charge >= 0.3 is 5.97 Å². The van der Waals surface area contributed by atoms with Crippen LogP contribution in [0.2, 0.25) is 0 Å². The van der Waals surface area contributed by atoms with Gasteiger partial charge in [-0.2, -0.15) is 0 Å². The molecule has 0 amide bonds. The van der Waals surface area contributed by atoms with Crippen LogP contribution in [0.25, 0.3) is 21.3 Å². The molecule has 7 heteroatoms. The molecule has 1 aliphatic rings. The smallest absolute Gasteiger partial charge is 0.310 e. The first-order chi connectivity index (χ1) is 13.2. The molecule has 0 saturated carbocycles. The van der Waals surface area contributed by atoms with Crippen LogP contribution >= 0.6 is 11.3 Å². The molecule has 4 rings (SSSR count). The van der Waals surface area contributed by atoms with E-state index < -0.39 is 0 Å². The van der Waals surface area contributed by atoms with Crippen molar-refractivity contribution in [3.8, 4) is 11.1 Å². The van der Waals surface area contributed by atoms with Crippen LogP contribution in [0.15, 0.2) is 36.0 Å². The zero-order valence-electron chi connectivity index (χ0n) is 15.0. The second kappa shape index (κ2) is 7.60. The van der Waals surface area contributed by atoms with Crippen LogP contribution < -0.4 is 4.90 Å². The Balaban J connectivity index is 1.72. The minimum Gasteiger partial charge on any atom is -0.466 e. The van der Waals surface area contributed by atoms with E-state index in [0.717, 1.165) is 46.5 Å². The number of piperidine rings is 1. The van der Waals surface area contributed by atoms with E-state index >= 15 is 0 Å². The molecule has 0 aliphatic carbocycles. The van der Waals surface area contributed by atoms with E-state index in [1.54, 1.807) is 29.8 Å². The first-order valence-electron chi connectivity index (χ1n) is 9.07. The van der Waals surface area contributed by atoms with Crippen LogP contribution in [0.5, 0.6) is 0 Å². The molecule has 3 heterocycles. The van der Waals surface area contributed by atoms with Crippen molar-refractivity contribution in [2.24, 2.45) is 5.92 Å². The summed E-state index contributed by atoms with van der Waals surface area (Å²) >= 11 is 1.54. The molecule has 0 unspecified atom stereocenters. The lowest BCUT2D eigenvalue weighted by Gasteiger charge is -2.32. The van der Waals surface area contributed by atoms with Crippen molar-refractivity contribution in [1.82, 2.24) is 9.97 Å². The molecule has 1 aliphatic heterocycles. The quantitative estimate of drug-likeness (QED) is 0.628. The zero-order chi connectivity index (χ0) is 18.8. The van der Waals surface area contributed by atoms with Crippen molar-refractivity contribution >= 4 is 33.3 Å². The molecular formula is C20H20FN3O2S. The molecule has 27 heavy (non-hydrogen) atoms. The van der Waals surface area contributed by atoms with E-state index in [1.165, 1.54) is 12.1 Å². The third-order valence-corrected chi connectivity index (χ3v) is 5.73. The van der Waals surface area contributed by atoms with Gasteiger partial charge in [-0.3, -0.25) is 4.79 Å². The highest BCUT2D eigenvalue weighted by Gasteiger charge is 2.29. The number of anilines is 1. The summed E-state index contributed by atoms with van der Waals surface area (Å²) in [6, 6.07) is 6.45. The lowest BCUT2D eigenvalue weighted by molar-refractivity contribution is -0.148. The molecule has 140 valence electrons. The number of esters is 1. The molecule has 1 fully saturated rings. The van der Waals surface area contributed by atoms with Gasteiger partial charge in [0.25, 0.3) is 0 Å². The van der Waals surface area contributed by atoms with Gasteiger partial charge in [0.05, 0.1) is 17.9 Å². The number of nitrogens with zero attached hydrogens (tertiary/aromatic N) is 3. The maximum absolute atomic E-state index is 13.3. The number of hydrogen-bond acceptors (Lipinski definition) is 6. The topological polar surface area (TPSA) is 55.3 Å². The summed E-state index contributed by atoms with van der Waals surface area (Å²) in [5.74, 6) is 0.283. The summed E-state index contributed by atoms with van der Waals surface area (Å²) in [6.45, 7) is 3.64. The molecule has 0 radical (unpaired) electrons. The Morgan fingerprint density at radius 1 is 1.33 bits per heavy atom. The van der Waals surface area contributed by atoms with Crippen LogP contribution in [0, 0.1) is 11.7 Å². The summed E-state index contributed by atoms with van der Waals surface area (Å²) < 4.78 is 18.5. The minimum absolute atomic E-state index is 0.142. The minimum atomic E-state index is -0.261. The van der Waals surface area contributed by atoms with Gasteiger partial charge in [0.1, 0.15) is 22.8 Å². The maximum Gasteiger partial charge on any atom is 0.310 e. The highest BCUT2D eigenvalue weighted by molar-refractivity contribution is 7.17. The van der Waals surface area contributed by atoms with Crippen LogP contribution in [0.3, 0.4) is 0 Å². The van der Waals surface area contributed by atoms with Crippen molar-refractivity contribution in [3.05, 3.63) is 41.8 Å². The van der Waals surface area contributed by atoms with Gasteiger partial charge in [-0.15, -0.1) is 11.3 Å². The fraction of sp³-hybridized carbons (Fsp3) is 0.350. The number of hydrogen-bond donors (Lipinski definition) is 0. The largest absolute Gasteiger partial charge is 0.466 e. The SMILES string of the molecule is CCOC(=O)[C@@H]1CCCN(c2ncnc3scc(-c4ccc(F)cc4)c23)C1. The Hall–Kier alpha value is -2.54. The number of thiophene rings is 1. The second-order valence-corrected chi connectivity index (χ2v) is 7.43. The molecule has 1 saturated heterocycles. The molecule has 3 aromatic rings. The van der Waals surface area contributed by atoms with Crippen LogP contribution in [0.1, 0.15) is 19.8 Å². The predicted octanol–water partition coefficient (Wildman–Crippen LogP) is 4.28. The first kappa shape index (κ1) is 17.9. The predicted molar refractivity (Wildman–Crippen MR) is 104 cm³/mol. The molecule has 5 nitrogen and oxygen atoms in total. The summed E-state index contributed by atoms with van der Waals surface area (Å²) in [5.41, 5.74) is 1.92. The standard InChI is InChI=1S/C20H20FN3O2S/c1-2-26-20(25)14-4-3-9-24(10-14)18-17-16(11-27-19(17)23-12-22-18)13-5-7-15(21)8-6-13/h5-8,11-12,14H,2-4,9-10H2,1H3/t14-/m1/s1. The summed E-state index contributed by atoms with van der Waals surface area (Å²) in [4.78, 5) is 24.2. The number of aromatic nitrogens is 2. The normalized spacial score (nSPS) is 17.3. The van der Waals surface area contributed by atoms with E-state index in [0.29, 0.717) is 13.2 Å². The highest BCUT2D eigenvalue weighted by Crippen LogP contribution is 2.38. The van der Waals surface area contributed by atoms with E-state index in [-0.39, 0.29) is 17.7 Å². The van der Waals surface area contributed by atoms with Crippen LogP contribution in [-0.2, 0) is 9.53 Å². The monoisotopic (exact) mass is 385 g/mol. The van der Waals surface area contributed by atoms with Gasteiger partial charge in [-0.05, 0) is 37.5 Å². The van der Waals surface area contributed by atoms with Gasteiger partial charge in [0, 0.05) is 24.0 Å². The molecule has 0 N–H and O–H groups in total. The number of fused-ring (bicyclic) bond motifs is 1.